The van der Waals surface area contributed by atoms with Crippen molar-refractivity contribution < 1.29 is 4.79 Å². The molecule has 4 aromatic rings. The number of hydrogen-bond donors (Lipinski definition) is 1. The molecule has 5 rings (SSSR count). The predicted molar refractivity (Wildman–Crippen MR) is 145 cm³/mol. The number of pyridine rings is 2. The zero-order chi connectivity index (χ0) is 25.9. The fourth-order valence-corrected chi connectivity index (χ4v) is 4.68. The molecule has 8 nitrogen and oxygen atoms in total. The molecule has 0 aliphatic carbocycles. The number of amides is 1. The molecule has 0 bridgehead atoms. The van der Waals surface area contributed by atoms with Crippen LogP contribution in [0, 0.1) is 0 Å². The summed E-state index contributed by atoms with van der Waals surface area (Å²) in [5.41, 5.74) is 6.26. The maximum atomic E-state index is 13.1. The molecule has 0 saturated carbocycles. The molecule has 0 radical (unpaired) electrons. The first kappa shape index (κ1) is 24.8. The van der Waals surface area contributed by atoms with E-state index in [1.165, 1.54) is 5.56 Å². The number of hydrogen-bond acceptors (Lipinski definition) is 6. The monoisotopic (exact) mass is 495 g/mol. The highest BCUT2D eigenvalue weighted by molar-refractivity contribution is 6.03. The third kappa shape index (κ3) is 5.29. The van der Waals surface area contributed by atoms with Crippen molar-refractivity contribution in [3.63, 3.8) is 0 Å². The first-order valence-corrected chi connectivity index (χ1v) is 12.9. The van der Waals surface area contributed by atoms with Gasteiger partial charge in [0.1, 0.15) is 12.0 Å². The van der Waals surface area contributed by atoms with Gasteiger partial charge in [0.15, 0.2) is 5.82 Å². The Balaban J connectivity index is 1.35. The van der Waals surface area contributed by atoms with E-state index in [9.17, 15) is 4.79 Å². The van der Waals surface area contributed by atoms with Crippen LogP contribution in [0.25, 0.3) is 22.5 Å². The Morgan fingerprint density at radius 1 is 1.05 bits per heavy atom. The van der Waals surface area contributed by atoms with Crippen LogP contribution in [-0.4, -0.2) is 48.1 Å². The van der Waals surface area contributed by atoms with Gasteiger partial charge in [0, 0.05) is 66.5 Å². The fraction of sp³-hybridized carbons (Fsp3) is 0.345. The number of anilines is 1. The Labute approximate surface area is 217 Å². The van der Waals surface area contributed by atoms with Gasteiger partial charge in [-0.3, -0.25) is 19.7 Å². The summed E-state index contributed by atoms with van der Waals surface area (Å²) in [4.78, 5) is 24.7. The van der Waals surface area contributed by atoms with Crippen molar-refractivity contribution in [2.24, 2.45) is 0 Å². The molecule has 1 aliphatic heterocycles. The van der Waals surface area contributed by atoms with Crippen LogP contribution in [0.15, 0.2) is 61.2 Å². The standard InChI is InChI=1S/C29H33N7O/c1-5-20(4)36-18-32-34-28(36)22-7-6-8-25(14-22)33-29(37)27-15-21(9-11-30-27)23-13-24-17-35(19(2)3)12-10-26(24)31-16-23/h6-9,11,13-16,18-20H,5,10,12,17H2,1-4H3,(H,33,37). The average molecular weight is 496 g/mol. The first-order valence-electron chi connectivity index (χ1n) is 12.9. The number of rotatable bonds is 7. The van der Waals surface area contributed by atoms with E-state index in [0.29, 0.717) is 17.4 Å². The molecule has 1 aromatic carbocycles. The molecule has 1 aliphatic rings. The zero-order valence-corrected chi connectivity index (χ0v) is 21.8. The summed E-state index contributed by atoms with van der Waals surface area (Å²) in [6.07, 6.45) is 7.26. The minimum Gasteiger partial charge on any atom is -0.321 e. The molecule has 1 atom stereocenters. The number of aromatic nitrogens is 5. The van der Waals surface area contributed by atoms with Crippen molar-refractivity contribution in [1.82, 2.24) is 29.6 Å². The molecule has 0 fully saturated rings. The number of nitrogens with zero attached hydrogens (tertiary/aromatic N) is 6. The predicted octanol–water partition coefficient (Wildman–Crippen LogP) is 5.39. The van der Waals surface area contributed by atoms with E-state index in [2.05, 4.69) is 63.7 Å². The van der Waals surface area contributed by atoms with Crippen molar-refractivity contribution in [1.29, 1.82) is 0 Å². The van der Waals surface area contributed by atoms with Crippen LogP contribution in [0.1, 0.15) is 61.9 Å². The van der Waals surface area contributed by atoms with Crippen LogP contribution < -0.4 is 5.32 Å². The summed E-state index contributed by atoms with van der Waals surface area (Å²) in [6, 6.07) is 14.4. The van der Waals surface area contributed by atoms with Gasteiger partial charge in [0.2, 0.25) is 0 Å². The van der Waals surface area contributed by atoms with Crippen LogP contribution >= 0.6 is 0 Å². The maximum Gasteiger partial charge on any atom is 0.274 e. The smallest absolute Gasteiger partial charge is 0.274 e. The van der Waals surface area contributed by atoms with Crippen molar-refractivity contribution in [3.05, 3.63) is 78.1 Å². The van der Waals surface area contributed by atoms with E-state index in [1.807, 2.05) is 42.6 Å². The molecule has 1 unspecified atom stereocenters. The van der Waals surface area contributed by atoms with Gasteiger partial charge in [-0.1, -0.05) is 19.1 Å². The van der Waals surface area contributed by atoms with Crippen molar-refractivity contribution in [2.75, 3.05) is 11.9 Å². The summed E-state index contributed by atoms with van der Waals surface area (Å²) >= 11 is 0. The summed E-state index contributed by atoms with van der Waals surface area (Å²) in [5.74, 6) is 0.515. The van der Waals surface area contributed by atoms with Gasteiger partial charge in [-0.15, -0.1) is 10.2 Å². The number of fused-ring (bicyclic) bond motifs is 1. The lowest BCUT2D eigenvalue weighted by Gasteiger charge is -2.31. The van der Waals surface area contributed by atoms with Gasteiger partial charge in [0.05, 0.1) is 0 Å². The SMILES string of the molecule is CCC(C)n1cnnc1-c1cccc(NC(=O)c2cc(-c3cnc4c(c3)CN(C(C)C)CC4)ccn2)c1. The van der Waals surface area contributed by atoms with E-state index in [0.717, 1.165) is 54.1 Å². The van der Waals surface area contributed by atoms with E-state index in [1.54, 1.807) is 12.5 Å². The lowest BCUT2D eigenvalue weighted by atomic mass is 9.99. The number of carbonyl (C=O) groups is 1. The minimum atomic E-state index is -0.265. The van der Waals surface area contributed by atoms with Crippen LogP contribution in [0.5, 0.6) is 0 Å². The number of benzene rings is 1. The van der Waals surface area contributed by atoms with E-state index >= 15 is 0 Å². The van der Waals surface area contributed by atoms with E-state index in [-0.39, 0.29) is 11.9 Å². The molecule has 1 amide bonds. The van der Waals surface area contributed by atoms with Gasteiger partial charge in [-0.25, -0.2) is 0 Å². The molecular formula is C29H33N7O. The number of carbonyl (C=O) groups excluding carboxylic acids is 1. The second kappa shape index (κ2) is 10.6. The van der Waals surface area contributed by atoms with Gasteiger partial charge < -0.3 is 9.88 Å². The van der Waals surface area contributed by atoms with Crippen LogP contribution in [0.4, 0.5) is 5.69 Å². The van der Waals surface area contributed by atoms with Crippen LogP contribution in [-0.2, 0) is 13.0 Å². The highest BCUT2D eigenvalue weighted by Crippen LogP contribution is 2.27. The van der Waals surface area contributed by atoms with Crippen molar-refractivity contribution in [2.45, 2.75) is 59.2 Å². The third-order valence-electron chi connectivity index (χ3n) is 7.14. The third-order valence-corrected chi connectivity index (χ3v) is 7.14. The molecule has 37 heavy (non-hydrogen) atoms. The summed E-state index contributed by atoms with van der Waals surface area (Å²) in [6.45, 7) is 10.6. The Morgan fingerprint density at radius 2 is 1.92 bits per heavy atom. The Bertz CT molecular complexity index is 1410. The average Bonchev–Trinajstić information content (AvgIpc) is 3.42. The summed E-state index contributed by atoms with van der Waals surface area (Å²) in [7, 11) is 0. The Kier molecular flexibility index (Phi) is 7.10. The van der Waals surface area contributed by atoms with Crippen LogP contribution in [0.2, 0.25) is 0 Å². The maximum absolute atomic E-state index is 13.1. The zero-order valence-electron chi connectivity index (χ0n) is 21.8. The number of nitrogens with one attached hydrogen (secondary N) is 1. The second-order valence-electron chi connectivity index (χ2n) is 9.93. The highest BCUT2D eigenvalue weighted by atomic mass is 16.1. The van der Waals surface area contributed by atoms with E-state index < -0.39 is 0 Å². The molecule has 3 aromatic heterocycles. The molecule has 190 valence electrons. The quantitative estimate of drug-likeness (QED) is 0.370. The lowest BCUT2D eigenvalue weighted by Crippen LogP contribution is -2.36. The second-order valence-corrected chi connectivity index (χ2v) is 9.93. The molecule has 8 heteroatoms. The van der Waals surface area contributed by atoms with Crippen molar-refractivity contribution in [3.8, 4) is 22.5 Å². The molecular weight excluding hydrogens is 462 g/mol. The largest absolute Gasteiger partial charge is 0.321 e. The highest BCUT2D eigenvalue weighted by Gasteiger charge is 2.20. The topological polar surface area (TPSA) is 88.8 Å². The van der Waals surface area contributed by atoms with Crippen molar-refractivity contribution >= 4 is 11.6 Å². The van der Waals surface area contributed by atoms with Gasteiger partial charge >= 0.3 is 0 Å². The van der Waals surface area contributed by atoms with Gasteiger partial charge in [0.25, 0.3) is 5.91 Å². The summed E-state index contributed by atoms with van der Waals surface area (Å²) in [5, 5.41) is 11.4. The Morgan fingerprint density at radius 3 is 2.73 bits per heavy atom. The molecule has 4 heterocycles. The van der Waals surface area contributed by atoms with Gasteiger partial charge in [-0.05, 0) is 68.7 Å². The first-order chi connectivity index (χ1) is 17.9. The van der Waals surface area contributed by atoms with Crippen LogP contribution in [0.3, 0.4) is 0 Å². The molecule has 1 N–H and O–H groups in total. The molecule has 0 spiro atoms. The lowest BCUT2D eigenvalue weighted by molar-refractivity contribution is 0.102. The van der Waals surface area contributed by atoms with Gasteiger partial charge in [-0.2, -0.15) is 0 Å². The molecule has 0 saturated heterocycles. The normalized spacial score (nSPS) is 14.4. The summed E-state index contributed by atoms with van der Waals surface area (Å²) < 4.78 is 2.05. The fourth-order valence-electron chi connectivity index (χ4n) is 4.68. The Hall–Kier alpha value is -3.91. The van der Waals surface area contributed by atoms with E-state index in [4.69, 9.17) is 4.98 Å². The minimum absolute atomic E-state index is 0.265.